The molecule has 7 heteroatoms. The molecule has 1 heterocycles. The predicted octanol–water partition coefficient (Wildman–Crippen LogP) is 3.95. The molecule has 0 spiro atoms. The van der Waals surface area contributed by atoms with E-state index in [-0.39, 0.29) is 36.1 Å². The van der Waals surface area contributed by atoms with Crippen molar-refractivity contribution in [1.82, 2.24) is 9.80 Å². The Labute approximate surface area is 167 Å². The zero-order chi connectivity index (χ0) is 19.4. The van der Waals surface area contributed by atoms with Gasteiger partial charge in [0.05, 0.1) is 6.54 Å². The summed E-state index contributed by atoms with van der Waals surface area (Å²) in [6, 6.07) is 8.29. The summed E-state index contributed by atoms with van der Waals surface area (Å²) in [5.74, 6) is -0.761. The molecular formula is C20H22ClFN2O2S. The van der Waals surface area contributed by atoms with Gasteiger partial charge in [-0.25, -0.2) is 4.39 Å². The van der Waals surface area contributed by atoms with Crippen molar-refractivity contribution in [2.75, 3.05) is 12.4 Å². The van der Waals surface area contributed by atoms with Gasteiger partial charge in [0.2, 0.25) is 11.8 Å². The minimum Gasteiger partial charge on any atom is -0.332 e. The summed E-state index contributed by atoms with van der Waals surface area (Å²) in [5.41, 5.74) is 1.98. The molecule has 1 aliphatic rings. The van der Waals surface area contributed by atoms with Crippen molar-refractivity contribution in [1.29, 1.82) is 0 Å². The first-order valence-corrected chi connectivity index (χ1v) is 10.3. The molecular weight excluding hydrogens is 387 g/mol. The highest BCUT2D eigenvalue weighted by molar-refractivity contribution is 7.10. The molecule has 0 bridgehead atoms. The van der Waals surface area contributed by atoms with Crippen molar-refractivity contribution in [3.63, 3.8) is 0 Å². The molecule has 1 aromatic carbocycles. The van der Waals surface area contributed by atoms with Crippen molar-refractivity contribution >= 4 is 34.8 Å². The number of carbonyl (C=O) groups excluding carboxylic acids is 2. The molecule has 144 valence electrons. The van der Waals surface area contributed by atoms with E-state index in [1.807, 2.05) is 18.4 Å². The lowest BCUT2D eigenvalue weighted by atomic mass is 10.2. The minimum absolute atomic E-state index is 0.0296. The number of hydrogen-bond acceptors (Lipinski definition) is 3. The van der Waals surface area contributed by atoms with E-state index in [2.05, 4.69) is 0 Å². The van der Waals surface area contributed by atoms with Crippen molar-refractivity contribution in [3.05, 3.63) is 57.5 Å². The summed E-state index contributed by atoms with van der Waals surface area (Å²) < 4.78 is 13.2. The van der Waals surface area contributed by atoms with E-state index in [0.717, 1.165) is 28.8 Å². The number of nitrogens with zero attached hydrogens (tertiary/aromatic N) is 2. The minimum atomic E-state index is -0.307. The summed E-state index contributed by atoms with van der Waals surface area (Å²) in [7, 11) is 0. The average molecular weight is 409 g/mol. The largest absolute Gasteiger partial charge is 0.332 e. The van der Waals surface area contributed by atoms with Crippen LogP contribution in [0.3, 0.4) is 0 Å². The topological polar surface area (TPSA) is 40.6 Å². The predicted molar refractivity (Wildman–Crippen MR) is 105 cm³/mol. The van der Waals surface area contributed by atoms with Crippen LogP contribution in [0.4, 0.5) is 4.39 Å². The van der Waals surface area contributed by atoms with Crippen molar-refractivity contribution < 1.29 is 14.0 Å². The quantitative estimate of drug-likeness (QED) is 0.620. The van der Waals surface area contributed by atoms with Crippen LogP contribution in [-0.2, 0) is 22.7 Å². The highest BCUT2D eigenvalue weighted by Crippen LogP contribution is 2.27. The fraction of sp³-hybridized carbons (Fsp3) is 0.400. The van der Waals surface area contributed by atoms with Crippen LogP contribution in [0, 0.1) is 12.7 Å². The molecule has 0 saturated heterocycles. The van der Waals surface area contributed by atoms with E-state index in [0.29, 0.717) is 13.1 Å². The molecule has 0 unspecified atom stereocenters. The zero-order valence-electron chi connectivity index (χ0n) is 15.2. The van der Waals surface area contributed by atoms with E-state index in [1.165, 1.54) is 12.1 Å². The van der Waals surface area contributed by atoms with Gasteiger partial charge in [-0.2, -0.15) is 0 Å². The van der Waals surface area contributed by atoms with Gasteiger partial charge in [0.1, 0.15) is 18.2 Å². The highest BCUT2D eigenvalue weighted by atomic mass is 35.5. The van der Waals surface area contributed by atoms with Crippen LogP contribution in [0.5, 0.6) is 0 Å². The number of alkyl halides is 1. The summed E-state index contributed by atoms with van der Waals surface area (Å²) in [6.45, 7) is 2.87. The van der Waals surface area contributed by atoms with Crippen molar-refractivity contribution in [2.24, 2.45) is 0 Å². The van der Waals surface area contributed by atoms with Crippen LogP contribution in [0.2, 0.25) is 0 Å². The fourth-order valence-corrected chi connectivity index (χ4v) is 3.99. The van der Waals surface area contributed by atoms with Crippen molar-refractivity contribution in [2.45, 2.75) is 38.9 Å². The summed E-state index contributed by atoms with van der Waals surface area (Å²) >= 11 is 7.31. The van der Waals surface area contributed by atoms with Crippen LogP contribution in [0.25, 0.3) is 0 Å². The van der Waals surface area contributed by atoms with Gasteiger partial charge in [-0.3, -0.25) is 9.59 Å². The second-order valence-electron chi connectivity index (χ2n) is 6.79. The molecule has 0 N–H and O–H groups in total. The molecule has 1 aliphatic carbocycles. The fourth-order valence-electron chi connectivity index (χ4n) is 2.91. The molecule has 0 radical (unpaired) electrons. The normalized spacial score (nSPS) is 13.4. The standard InChI is InChI=1S/C20H22ClFN2O2S/c1-14-8-9-27-18(14)12-23(11-15-2-4-16(22)5-3-15)20(26)13-24(17-6-7-17)19(25)10-21/h2-5,8-9,17H,6-7,10-13H2,1H3. The third-order valence-electron chi connectivity index (χ3n) is 4.67. The van der Waals surface area contributed by atoms with Crippen LogP contribution >= 0.6 is 22.9 Å². The lowest BCUT2D eigenvalue weighted by Crippen LogP contribution is -2.44. The summed E-state index contributed by atoms with van der Waals surface area (Å²) in [6.07, 6.45) is 1.83. The number of hydrogen-bond donors (Lipinski definition) is 0. The van der Waals surface area contributed by atoms with Crippen LogP contribution in [-0.4, -0.2) is 40.1 Å². The van der Waals surface area contributed by atoms with E-state index >= 15 is 0 Å². The summed E-state index contributed by atoms with van der Waals surface area (Å²) in [5, 5.41) is 2.00. The number of aryl methyl sites for hydroxylation is 1. The molecule has 0 atom stereocenters. The molecule has 0 aliphatic heterocycles. The Bertz CT molecular complexity index is 805. The average Bonchev–Trinajstić information content (AvgIpc) is 3.43. The van der Waals surface area contributed by atoms with Gasteiger partial charge in [-0.1, -0.05) is 12.1 Å². The van der Waals surface area contributed by atoms with Gasteiger partial charge in [0, 0.05) is 17.5 Å². The maximum Gasteiger partial charge on any atom is 0.242 e. The van der Waals surface area contributed by atoms with E-state index in [9.17, 15) is 14.0 Å². The van der Waals surface area contributed by atoms with Gasteiger partial charge in [-0.15, -0.1) is 22.9 Å². The van der Waals surface area contributed by atoms with E-state index in [1.54, 1.807) is 33.3 Å². The number of thiophene rings is 1. The Hall–Kier alpha value is -1.92. The van der Waals surface area contributed by atoms with Crippen LogP contribution in [0.15, 0.2) is 35.7 Å². The number of halogens is 2. The Kier molecular flexibility index (Phi) is 6.50. The smallest absolute Gasteiger partial charge is 0.242 e. The third kappa shape index (κ3) is 5.30. The molecule has 1 fully saturated rings. The van der Waals surface area contributed by atoms with Gasteiger partial charge in [0.25, 0.3) is 0 Å². The molecule has 2 amide bonds. The number of rotatable bonds is 8. The van der Waals surface area contributed by atoms with E-state index in [4.69, 9.17) is 11.6 Å². The van der Waals surface area contributed by atoms with Gasteiger partial charge in [0.15, 0.2) is 0 Å². The first-order valence-electron chi connectivity index (χ1n) is 8.88. The first kappa shape index (κ1) is 19.8. The third-order valence-corrected chi connectivity index (χ3v) is 5.91. The SMILES string of the molecule is Cc1ccsc1CN(Cc1ccc(F)cc1)C(=O)CN(C(=O)CCl)C1CC1. The first-order chi connectivity index (χ1) is 13.0. The molecule has 27 heavy (non-hydrogen) atoms. The summed E-state index contributed by atoms with van der Waals surface area (Å²) in [4.78, 5) is 29.6. The molecule has 2 aromatic rings. The van der Waals surface area contributed by atoms with Crippen LogP contribution in [0.1, 0.15) is 28.8 Å². The Morgan fingerprint density at radius 1 is 1.15 bits per heavy atom. The molecule has 1 aromatic heterocycles. The van der Waals surface area contributed by atoms with Gasteiger partial charge < -0.3 is 9.80 Å². The maximum absolute atomic E-state index is 13.2. The van der Waals surface area contributed by atoms with E-state index < -0.39 is 0 Å². The Morgan fingerprint density at radius 3 is 2.41 bits per heavy atom. The van der Waals surface area contributed by atoms with Gasteiger partial charge in [-0.05, 0) is 54.5 Å². The Morgan fingerprint density at radius 2 is 1.85 bits per heavy atom. The zero-order valence-corrected chi connectivity index (χ0v) is 16.7. The van der Waals surface area contributed by atoms with Crippen LogP contribution < -0.4 is 0 Å². The molecule has 3 rings (SSSR count). The number of carbonyl (C=O) groups is 2. The second kappa shape index (κ2) is 8.85. The maximum atomic E-state index is 13.2. The number of benzene rings is 1. The molecule has 1 saturated carbocycles. The van der Waals surface area contributed by atoms with Gasteiger partial charge >= 0.3 is 0 Å². The van der Waals surface area contributed by atoms with Crippen molar-refractivity contribution in [3.8, 4) is 0 Å². The second-order valence-corrected chi connectivity index (χ2v) is 8.06. The highest BCUT2D eigenvalue weighted by Gasteiger charge is 2.34. The Balaban J connectivity index is 1.76. The lowest BCUT2D eigenvalue weighted by molar-refractivity contribution is -0.140. The molecule has 4 nitrogen and oxygen atoms in total. The number of amides is 2. The lowest BCUT2D eigenvalue weighted by Gasteiger charge is -2.27. The monoisotopic (exact) mass is 408 g/mol.